The lowest BCUT2D eigenvalue weighted by Gasteiger charge is -2.22. The zero-order valence-electron chi connectivity index (χ0n) is 6.56. The summed E-state index contributed by atoms with van der Waals surface area (Å²) < 4.78 is 0. The lowest BCUT2D eigenvalue weighted by atomic mass is 10.1. The quantitative estimate of drug-likeness (QED) is 0.628. The second kappa shape index (κ2) is 8.16. The van der Waals surface area contributed by atoms with Crippen LogP contribution in [-0.2, 0) is 0 Å². The van der Waals surface area contributed by atoms with Crippen molar-refractivity contribution in [3.8, 4) is 0 Å². The molecule has 12 heavy (non-hydrogen) atoms. The van der Waals surface area contributed by atoms with Gasteiger partial charge in [0.15, 0.2) is 0 Å². The molecule has 0 aliphatic carbocycles. The molecule has 1 N–H and O–H groups in total. The van der Waals surface area contributed by atoms with E-state index in [2.05, 4.69) is 0 Å². The van der Waals surface area contributed by atoms with Crippen LogP contribution >= 0.6 is 0 Å². The van der Waals surface area contributed by atoms with Gasteiger partial charge in [-0.05, 0) is 19.3 Å². The first kappa shape index (κ1) is 17.2. The zero-order valence-corrected chi connectivity index (χ0v) is 6.56. The fourth-order valence-corrected chi connectivity index (χ4v) is 1.09. The molecule has 0 aromatic rings. The summed E-state index contributed by atoms with van der Waals surface area (Å²) in [6, 6.07) is 0. The highest BCUT2D eigenvalue weighted by Gasteiger charge is 2.13. The number of carboxylic acid groups (broad SMARTS) is 1. The summed E-state index contributed by atoms with van der Waals surface area (Å²) in [7, 11) is 0. The molecular weight excluding hydrogens is 175 g/mol. The van der Waals surface area contributed by atoms with Gasteiger partial charge in [0.05, 0.1) is 0 Å². The summed E-state index contributed by atoms with van der Waals surface area (Å²) in [6.45, 7) is 1.46. The summed E-state index contributed by atoms with van der Waals surface area (Å²) >= 11 is 0. The van der Waals surface area contributed by atoms with Crippen LogP contribution in [0.3, 0.4) is 0 Å². The van der Waals surface area contributed by atoms with Crippen molar-refractivity contribution in [1.82, 2.24) is 4.90 Å². The van der Waals surface area contributed by atoms with Crippen molar-refractivity contribution >= 4 is 6.09 Å². The molecule has 1 amide bonds. The maximum Gasteiger partial charge on any atom is 0.407 e. The van der Waals surface area contributed by atoms with E-state index in [0.29, 0.717) is 0 Å². The lowest BCUT2D eigenvalue weighted by molar-refractivity contribution is 0.136. The number of hydrogen-bond donors (Lipinski definition) is 1. The predicted octanol–water partition coefficient (Wildman–Crippen LogP) is 1.61. The van der Waals surface area contributed by atoms with Gasteiger partial charge in [0.25, 0.3) is 0 Å². The Balaban J connectivity index is -0.000000270. The molecule has 6 heteroatoms. The molecular formula is C6H14F3NO2. The van der Waals surface area contributed by atoms with Crippen molar-refractivity contribution in [3.63, 3.8) is 0 Å². The fraction of sp³-hybridized carbons (Fsp3) is 0.833. The lowest BCUT2D eigenvalue weighted by Crippen LogP contribution is -2.34. The van der Waals surface area contributed by atoms with Crippen LogP contribution in [-0.4, -0.2) is 29.2 Å². The normalized spacial score (nSPS) is 14.8. The third-order valence-electron chi connectivity index (χ3n) is 1.63. The van der Waals surface area contributed by atoms with Crippen LogP contribution < -0.4 is 0 Å². The standard InChI is InChI=1S/C6H11NO2.3FH/c8-6(9)7-4-2-1-3-5-7;;;/h1-5H2,(H,8,9);3*1H. The Bertz CT molecular complexity index is 117. The largest absolute Gasteiger partial charge is 0.465 e. The fourth-order valence-electron chi connectivity index (χ4n) is 1.09. The van der Waals surface area contributed by atoms with Crippen LogP contribution in [0, 0.1) is 0 Å². The molecule has 3 nitrogen and oxygen atoms in total. The SMILES string of the molecule is F.F.F.O=C(O)N1CCCCC1. The first-order valence-corrected chi connectivity index (χ1v) is 3.28. The van der Waals surface area contributed by atoms with E-state index >= 15 is 0 Å². The van der Waals surface area contributed by atoms with E-state index < -0.39 is 6.09 Å². The van der Waals surface area contributed by atoms with Gasteiger partial charge in [-0.15, -0.1) is 0 Å². The number of piperidine rings is 1. The molecule has 1 heterocycles. The highest BCUT2D eigenvalue weighted by atomic mass is 19.0. The van der Waals surface area contributed by atoms with Gasteiger partial charge in [-0.1, -0.05) is 0 Å². The minimum Gasteiger partial charge on any atom is -0.465 e. The van der Waals surface area contributed by atoms with Crippen molar-refractivity contribution in [2.75, 3.05) is 13.1 Å². The first-order valence-electron chi connectivity index (χ1n) is 3.28. The number of halogens is 3. The highest BCUT2D eigenvalue weighted by Crippen LogP contribution is 2.07. The van der Waals surface area contributed by atoms with E-state index in [0.717, 1.165) is 25.9 Å². The van der Waals surface area contributed by atoms with Crippen LogP contribution in [0.25, 0.3) is 0 Å². The van der Waals surface area contributed by atoms with Gasteiger partial charge >= 0.3 is 6.09 Å². The topological polar surface area (TPSA) is 40.5 Å². The van der Waals surface area contributed by atoms with Gasteiger partial charge in [-0.2, -0.15) is 0 Å². The average molecular weight is 189 g/mol. The van der Waals surface area contributed by atoms with Crippen molar-refractivity contribution in [3.05, 3.63) is 0 Å². The molecule has 1 aliphatic heterocycles. The Morgan fingerprint density at radius 2 is 1.42 bits per heavy atom. The molecule has 1 aliphatic rings. The zero-order chi connectivity index (χ0) is 6.69. The van der Waals surface area contributed by atoms with Gasteiger partial charge in [0.1, 0.15) is 0 Å². The summed E-state index contributed by atoms with van der Waals surface area (Å²) in [4.78, 5) is 11.8. The Labute approximate surface area is 68.5 Å². The molecule has 0 unspecified atom stereocenters. The van der Waals surface area contributed by atoms with Crippen molar-refractivity contribution in [2.24, 2.45) is 0 Å². The summed E-state index contributed by atoms with van der Waals surface area (Å²) in [5.74, 6) is 0. The molecule has 0 aromatic heterocycles. The highest BCUT2D eigenvalue weighted by molar-refractivity contribution is 5.64. The minimum absolute atomic E-state index is 0. The van der Waals surface area contributed by atoms with Gasteiger partial charge in [-0.25, -0.2) is 4.79 Å². The molecule has 76 valence electrons. The van der Waals surface area contributed by atoms with Crippen molar-refractivity contribution < 1.29 is 24.0 Å². The Morgan fingerprint density at radius 1 is 1.00 bits per heavy atom. The van der Waals surface area contributed by atoms with Crippen LogP contribution in [0.1, 0.15) is 19.3 Å². The second-order valence-electron chi connectivity index (χ2n) is 2.33. The Morgan fingerprint density at radius 3 is 1.67 bits per heavy atom. The molecule has 1 saturated heterocycles. The first-order chi connectivity index (χ1) is 4.30. The van der Waals surface area contributed by atoms with Crippen LogP contribution in [0.4, 0.5) is 18.9 Å². The minimum atomic E-state index is -0.769. The van der Waals surface area contributed by atoms with E-state index in [1.54, 1.807) is 0 Å². The van der Waals surface area contributed by atoms with Gasteiger partial charge in [0, 0.05) is 13.1 Å². The second-order valence-corrected chi connectivity index (χ2v) is 2.33. The maximum absolute atomic E-state index is 10.3. The van der Waals surface area contributed by atoms with E-state index in [4.69, 9.17) is 5.11 Å². The summed E-state index contributed by atoms with van der Waals surface area (Å²) in [5.41, 5.74) is 0. The van der Waals surface area contributed by atoms with Crippen LogP contribution in [0.5, 0.6) is 0 Å². The molecule has 0 radical (unpaired) electrons. The summed E-state index contributed by atoms with van der Waals surface area (Å²) in [6.07, 6.45) is 2.48. The number of carbonyl (C=O) groups is 1. The van der Waals surface area contributed by atoms with Gasteiger partial charge in [-0.3, -0.25) is 14.1 Å². The number of amides is 1. The van der Waals surface area contributed by atoms with E-state index in [1.807, 2.05) is 0 Å². The molecule has 0 atom stereocenters. The van der Waals surface area contributed by atoms with Crippen molar-refractivity contribution in [2.45, 2.75) is 19.3 Å². The molecule has 0 spiro atoms. The molecule has 0 aromatic carbocycles. The average Bonchev–Trinajstić information content (AvgIpc) is 1.90. The third kappa shape index (κ3) is 4.81. The maximum atomic E-state index is 10.3. The Hall–Kier alpha value is -0.940. The van der Waals surface area contributed by atoms with Gasteiger partial charge in [0.2, 0.25) is 0 Å². The summed E-state index contributed by atoms with van der Waals surface area (Å²) in [5, 5.41) is 8.46. The Kier molecular flexibility index (Phi) is 11.7. The van der Waals surface area contributed by atoms with E-state index in [9.17, 15) is 4.79 Å². The van der Waals surface area contributed by atoms with Crippen LogP contribution in [0.15, 0.2) is 0 Å². The molecule has 0 bridgehead atoms. The molecule has 0 saturated carbocycles. The van der Waals surface area contributed by atoms with Crippen LogP contribution in [0.2, 0.25) is 0 Å². The molecule has 1 rings (SSSR count). The molecule has 1 fully saturated rings. The smallest absolute Gasteiger partial charge is 0.407 e. The van der Waals surface area contributed by atoms with E-state index in [-0.39, 0.29) is 14.1 Å². The monoisotopic (exact) mass is 189 g/mol. The number of rotatable bonds is 0. The van der Waals surface area contributed by atoms with Gasteiger partial charge < -0.3 is 10.0 Å². The number of hydrogen-bond acceptors (Lipinski definition) is 1. The van der Waals surface area contributed by atoms with Crippen molar-refractivity contribution in [1.29, 1.82) is 0 Å². The third-order valence-corrected chi connectivity index (χ3v) is 1.63. The van der Waals surface area contributed by atoms with E-state index in [1.165, 1.54) is 11.3 Å². The number of nitrogens with zero attached hydrogens (tertiary/aromatic N) is 1. The number of likely N-dealkylation sites (tertiary alicyclic amines) is 1. The predicted molar refractivity (Wildman–Crippen MR) is 41.0 cm³/mol.